The Kier molecular flexibility index (Phi) is 21.2. The van der Waals surface area contributed by atoms with Crippen molar-refractivity contribution in [3.05, 3.63) is 142 Å². The molecular weight excluding hydrogens is 1350 g/mol. The number of carbonyl (C=O) groups is 2. The summed E-state index contributed by atoms with van der Waals surface area (Å²) in [5, 5.41) is 16.5. The van der Waals surface area contributed by atoms with Crippen molar-refractivity contribution in [3.8, 4) is 5.75 Å². The van der Waals surface area contributed by atoms with Crippen molar-refractivity contribution in [2.45, 2.75) is 101 Å². The summed E-state index contributed by atoms with van der Waals surface area (Å²) >= 11 is 0. The van der Waals surface area contributed by atoms with Crippen molar-refractivity contribution >= 4 is 107 Å². The van der Waals surface area contributed by atoms with Gasteiger partial charge >= 0.3 is 35.2 Å². The Balaban J connectivity index is 0.907. The molecule has 2 amide bonds. The number of allylic oxidation sites excluding steroid dienone is 8. The first kappa shape index (κ1) is 72.0. The number of hydrogen-bond acceptors (Lipinski definition) is 20. The summed E-state index contributed by atoms with van der Waals surface area (Å²) in [6, 6.07) is 17.9. The van der Waals surface area contributed by atoms with E-state index < -0.39 is 108 Å². The number of alkyl carbamates (subject to hydrolysis) is 1. The maximum atomic E-state index is 13.5. The van der Waals surface area contributed by atoms with Gasteiger partial charge in [0, 0.05) is 78.6 Å². The van der Waals surface area contributed by atoms with E-state index in [1.54, 1.807) is 22.8 Å². The monoisotopic (exact) mass is 1420 g/mol. The maximum Gasteiger partial charge on any atom is 0.490 e. The second-order valence-corrected chi connectivity index (χ2v) is 30.7. The zero-order valence-electron chi connectivity index (χ0n) is 51.9. The topological polar surface area (TPSA) is 462 Å². The molecule has 2 aromatic heterocycles. The minimum absolute atomic E-state index is 0.0320. The number of aryl methyl sites for hydroxylation is 1. The van der Waals surface area contributed by atoms with Gasteiger partial charge in [0.15, 0.2) is 18.1 Å². The lowest BCUT2D eigenvalue weighted by atomic mass is 9.75. The molecule has 6 heterocycles. The number of nitrogens with one attached hydrogen (secondary N) is 3. The van der Waals surface area contributed by atoms with E-state index in [-0.39, 0.29) is 68.0 Å². The molecule has 0 spiro atoms. The number of likely N-dealkylation sites (N-methyl/N-ethyl adjacent to an activating group) is 1. The van der Waals surface area contributed by atoms with Crippen LogP contribution in [0.4, 0.5) is 22.1 Å². The number of amides is 2. The summed E-state index contributed by atoms with van der Waals surface area (Å²) < 4.78 is 139. The number of aromatic amines is 1. The summed E-state index contributed by atoms with van der Waals surface area (Å²) in [5.41, 5.74) is 10.8. The van der Waals surface area contributed by atoms with Crippen molar-refractivity contribution < 1.29 is 110 Å². The van der Waals surface area contributed by atoms with Crippen molar-refractivity contribution in [2.75, 3.05) is 49.2 Å². The lowest BCUT2D eigenvalue weighted by Gasteiger charge is -2.43. The van der Waals surface area contributed by atoms with Crippen LogP contribution < -0.4 is 36.1 Å². The number of nitrogen functional groups attached to an aromatic ring is 1. The quantitative estimate of drug-likeness (QED) is 0.0109. The number of benzene rings is 3. The summed E-state index contributed by atoms with van der Waals surface area (Å²) in [4.78, 5) is 85.6. The molecule has 12 N–H and O–H groups in total. The number of anilines is 2. The molecule has 512 valence electrons. The number of nitrogens with two attached hydrogens (primary N) is 1. The Morgan fingerprint density at radius 2 is 1.64 bits per heavy atom. The van der Waals surface area contributed by atoms with Gasteiger partial charge < -0.3 is 60.2 Å². The molecular formula is C58H72N9O23P3S2+2. The minimum Gasteiger partial charge on any atom is -0.456 e. The highest BCUT2D eigenvalue weighted by Gasteiger charge is 2.52. The van der Waals surface area contributed by atoms with Gasteiger partial charge in [-0.15, -0.1) is 0 Å². The van der Waals surface area contributed by atoms with Crippen LogP contribution in [0.15, 0.2) is 119 Å². The number of aliphatic hydroxyl groups excluding tert-OH is 1. The second-order valence-electron chi connectivity index (χ2n) is 23.3. The Morgan fingerprint density at radius 1 is 0.926 bits per heavy atom. The number of fused-ring (bicyclic) bond motifs is 4. The molecule has 0 saturated carbocycles. The predicted molar refractivity (Wildman–Crippen MR) is 344 cm³/mol. The molecule has 4 aliphatic rings. The minimum atomic E-state index is -5.95. The smallest absolute Gasteiger partial charge is 0.456 e. The van der Waals surface area contributed by atoms with Crippen LogP contribution in [0.5, 0.6) is 5.75 Å². The van der Waals surface area contributed by atoms with Gasteiger partial charge in [-0.2, -0.15) is 30.0 Å². The molecule has 0 radical (unpaired) electrons. The average molecular weight is 1420 g/mol. The zero-order chi connectivity index (χ0) is 69.4. The predicted octanol–water partition coefficient (Wildman–Crippen LogP) is 5.35. The number of H-pyrrole nitrogens is 1. The van der Waals surface area contributed by atoms with E-state index in [0.717, 1.165) is 44.6 Å². The number of phosphoric acid groups is 3. The van der Waals surface area contributed by atoms with Crippen LogP contribution in [0.3, 0.4) is 0 Å². The molecule has 3 aromatic carbocycles. The Morgan fingerprint density at radius 3 is 2.33 bits per heavy atom. The van der Waals surface area contributed by atoms with E-state index in [1.165, 1.54) is 36.1 Å². The van der Waals surface area contributed by atoms with Crippen molar-refractivity contribution in [2.24, 2.45) is 7.05 Å². The molecule has 1 saturated heterocycles. The van der Waals surface area contributed by atoms with E-state index in [4.69, 9.17) is 29.7 Å². The molecule has 5 aromatic rings. The van der Waals surface area contributed by atoms with Crippen LogP contribution >= 0.6 is 23.5 Å². The van der Waals surface area contributed by atoms with Gasteiger partial charge in [0.2, 0.25) is 23.3 Å². The fourth-order valence-corrected chi connectivity index (χ4v) is 16.1. The van der Waals surface area contributed by atoms with Crippen molar-refractivity contribution in [1.82, 2.24) is 25.2 Å². The van der Waals surface area contributed by atoms with E-state index in [1.807, 2.05) is 55.5 Å². The molecule has 95 heavy (non-hydrogen) atoms. The largest absolute Gasteiger partial charge is 0.490 e. The van der Waals surface area contributed by atoms with Crippen LogP contribution in [0.25, 0.3) is 28.1 Å². The fourth-order valence-electron chi connectivity index (χ4n) is 12.1. The highest BCUT2D eigenvalue weighted by Crippen LogP contribution is 2.66. The van der Waals surface area contributed by atoms with Gasteiger partial charge in [-0.1, -0.05) is 65.7 Å². The molecule has 9 rings (SSSR count). The fraction of sp³-hybridized carbons (Fsp3) is 0.379. The molecule has 4 aliphatic heterocycles. The highest BCUT2D eigenvalue weighted by atomic mass is 32.2. The first-order chi connectivity index (χ1) is 44.4. The van der Waals surface area contributed by atoms with E-state index in [2.05, 4.69) is 84.6 Å². The van der Waals surface area contributed by atoms with Gasteiger partial charge in [0.1, 0.15) is 30.3 Å². The Hall–Kier alpha value is -7.33. The van der Waals surface area contributed by atoms with E-state index in [9.17, 15) is 68.9 Å². The molecule has 7 atom stereocenters. The van der Waals surface area contributed by atoms with Gasteiger partial charge in [-0.25, -0.2) is 23.1 Å². The molecule has 37 heteroatoms. The van der Waals surface area contributed by atoms with Crippen LogP contribution in [0.1, 0.15) is 88.8 Å². The SMILES string of the molecule is CCN1c2cc3c(cc2C(C)=CC1(C)C)C(=CC=CC=CC1=[N+](CCCS(=O)(=O)O)c2ccc(S(=O)(=O)O)cc2C1(C)CCCC(=O)NCCNC(=O)O[C@@H]1[C@H](O)[C@@H](COP(=O)(O)OP(=O)(O)OP(=O)(O)O)O[C@H]1[n+]1cn(C)c2c(=O)[nH]c(N)nc21)C=C(c1ccccc1)O3. The van der Waals surface area contributed by atoms with Gasteiger partial charge in [0.05, 0.1) is 35.3 Å². The normalized spacial score (nSPS) is 22.0. The summed E-state index contributed by atoms with van der Waals surface area (Å²) in [7, 11) is -25.2. The number of aliphatic hydroxyl groups is 1. The third kappa shape index (κ3) is 16.9. The third-order valence-electron chi connectivity index (χ3n) is 16.0. The summed E-state index contributed by atoms with van der Waals surface area (Å²) in [6.07, 6.45) is 6.33. The number of imidazole rings is 1. The van der Waals surface area contributed by atoms with Crippen LogP contribution in [-0.4, -0.2) is 150 Å². The number of ether oxygens (including phenoxy) is 3. The number of aromatic nitrogens is 4. The van der Waals surface area contributed by atoms with Crippen molar-refractivity contribution in [3.63, 3.8) is 0 Å². The first-order valence-corrected chi connectivity index (χ1v) is 36.9. The lowest BCUT2D eigenvalue weighted by Crippen LogP contribution is -2.49. The summed E-state index contributed by atoms with van der Waals surface area (Å²) in [6.45, 7) is 9.46. The standard InChI is InChI=1S/C58H70N9O23P3S2/c1-7-67-43-31-45-40(30-39(43)35(2)32-57(67,3)4)37(28-44(86-45)36-16-10-8-11-17-36)18-12-9-13-19-47-58(5,41-29-38(95(82,83)84)21-22-42(41)65(47)26-15-27-94(79,80)81)23-14-20-48(68)60-24-25-61-56(71)88-51-50(69)46(33-85-92(75,76)90-93(77,78)89-91(72,73)74)87-54(51)66-34-64(6)49-52(66)62-55(59)63-53(49)70/h8-13,16-19,21-22,28-32,34,46,50-51,54,69H,7,14-15,20,23-27,33H2,1-6H3,(H9-2,59,60,61,62,63,68,70,71,72,73,74,75,76,77,78,79,80,81,82,83,84)/p+2/t46-,50-,51-,54-,58?/m1/s1. The highest BCUT2D eigenvalue weighted by molar-refractivity contribution is 7.86. The lowest BCUT2D eigenvalue weighted by molar-refractivity contribution is -0.745. The third-order valence-corrected chi connectivity index (χ3v) is 21.5. The number of phosphoric ester groups is 1. The maximum absolute atomic E-state index is 13.5. The number of rotatable bonds is 26. The molecule has 0 aliphatic carbocycles. The Labute approximate surface area is 544 Å². The summed E-state index contributed by atoms with van der Waals surface area (Å²) in [5.74, 6) is -0.153. The Bertz CT molecular complexity index is 4510. The van der Waals surface area contributed by atoms with Crippen LogP contribution in [0.2, 0.25) is 0 Å². The van der Waals surface area contributed by atoms with E-state index >= 15 is 0 Å². The van der Waals surface area contributed by atoms with Gasteiger partial charge in [-0.3, -0.25) is 32.8 Å². The van der Waals surface area contributed by atoms with E-state index in [0.29, 0.717) is 28.5 Å². The van der Waals surface area contributed by atoms with Gasteiger partial charge in [-0.05, 0) is 82.9 Å². The molecule has 1 fully saturated rings. The number of hydrogen-bond donors (Lipinski definition) is 11. The average Bonchev–Trinajstić information content (AvgIpc) is 1.72. The first-order valence-electron chi connectivity index (χ1n) is 29.3. The molecule has 32 nitrogen and oxygen atoms in total. The second kappa shape index (κ2) is 28.0. The molecule has 0 bridgehead atoms. The zero-order valence-corrected chi connectivity index (χ0v) is 56.2. The van der Waals surface area contributed by atoms with Gasteiger partial charge in [0.25, 0.3) is 31.7 Å². The van der Waals surface area contributed by atoms with Crippen LogP contribution in [-0.2, 0) is 73.8 Å². The molecule has 3 unspecified atom stereocenters. The number of nitrogens with zero attached hydrogens (tertiary/aromatic N) is 5. The number of carbonyl (C=O) groups excluding carboxylic acids is 2. The van der Waals surface area contributed by atoms with Crippen molar-refractivity contribution in [1.29, 1.82) is 0 Å². The van der Waals surface area contributed by atoms with Crippen LogP contribution in [0, 0.1) is 0 Å².